The third-order valence-electron chi connectivity index (χ3n) is 6.22. The summed E-state index contributed by atoms with van der Waals surface area (Å²) in [6, 6.07) is 13.3. The fraction of sp³-hybridized carbons (Fsp3) is 0.375. The van der Waals surface area contributed by atoms with E-state index in [0.29, 0.717) is 55.5 Å². The van der Waals surface area contributed by atoms with Crippen LogP contribution in [0.15, 0.2) is 51.7 Å². The maximum Gasteiger partial charge on any atom is 0.275 e. The molecule has 0 aliphatic carbocycles. The Morgan fingerprint density at radius 2 is 1.91 bits per heavy atom. The summed E-state index contributed by atoms with van der Waals surface area (Å²) in [7, 11) is 0. The van der Waals surface area contributed by atoms with Crippen LogP contribution in [-0.4, -0.2) is 48.7 Å². The molecule has 5 rings (SSSR count). The lowest BCUT2D eigenvalue weighted by atomic mass is 9.96. The summed E-state index contributed by atoms with van der Waals surface area (Å²) in [5, 5.41) is 12.9. The third kappa shape index (κ3) is 4.44. The van der Waals surface area contributed by atoms with Crippen LogP contribution in [-0.2, 0) is 11.2 Å². The van der Waals surface area contributed by atoms with Crippen LogP contribution in [0.2, 0.25) is 0 Å². The van der Waals surface area contributed by atoms with E-state index in [1.54, 1.807) is 10.6 Å². The second kappa shape index (κ2) is 9.01. The first-order chi connectivity index (χ1) is 16.1. The third-order valence-corrected chi connectivity index (χ3v) is 6.22. The highest BCUT2D eigenvalue weighted by molar-refractivity contribution is 5.76. The molecule has 1 aromatic carbocycles. The smallest absolute Gasteiger partial charge is 0.275 e. The van der Waals surface area contributed by atoms with E-state index in [4.69, 9.17) is 4.42 Å². The Kier molecular flexibility index (Phi) is 5.77. The molecule has 9 heteroatoms. The van der Waals surface area contributed by atoms with E-state index in [1.165, 1.54) is 0 Å². The lowest BCUT2D eigenvalue weighted by molar-refractivity contribution is -0.132. The Balaban J connectivity index is 1.12. The summed E-state index contributed by atoms with van der Waals surface area (Å²) >= 11 is 0. The van der Waals surface area contributed by atoms with Crippen molar-refractivity contribution >= 4 is 11.4 Å². The van der Waals surface area contributed by atoms with E-state index in [-0.39, 0.29) is 17.4 Å². The molecule has 33 heavy (non-hydrogen) atoms. The lowest BCUT2D eigenvalue weighted by Gasteiger charge is -2.30. The maximum absolute atomic E-state index is 12.7. The van der Waals surface area contributed by atoms with Crippen LogP contribution in [0.25, 0.3) is 17.0 Å². The number of amides is 1. The van der Waals surface area contributed by atoms with Gasteiger partial charge in [0.05, 0.1) is 0 Å². The monoisotopic (exact) mass is 446 g/mol. The van der Waals surface area contributed by atoms with Gasteiger partial charge in [-0.25, -0.2) is 4.52 Å². The number of hydrogen-bond donors (Lipinski definition) is 1. The van der Waals surface area contributed by atoms with Gasteiger partial charge in [-0.2, -0.15) is 5.10 Å². The van der Waals surface area contributed by atoms with Gasteiger partial charge in [-0.05, 0) is 50.5 Å². The van der Waals surface area contributed by atoms with Crippen LogP contribution in [0, 0.1) is 6.92 Å². The number of benzene rings is 1. The Labute approximate surface area is 190 Å². The van der Waals surface area contributed by atoms with Gasteiger partial charge in [0.15, 0.2) is 0 Å². The van der Waals surface area contributed by atoms with Crippen molar-refractivity contribution in [2.45, 2.75) is 44.9 Å². The van der Waals surface area contributed by atoms with Gasteiger partial charge in [0.25, 0.3) is 5.56 Å². The first-order valence-corrected chi connectivity index (χ1v) is 11.3. The second-order valence-electron chi connectivity index (χ2n) is 8.49. The number of aromatic nitrogens is 5. The molecule has 0 saturated carbocycles. The first-order valence-electron chi connectivity index (χ1n) is 11.3. The molecule has 1 aliphatic rings. The molecule has 1 fully saturated rings. The van der Waals surface area contributed by atoms with E-state index >= 15 is 0 Å². The summed E-state index contributed by atoms with van der Waals surface area (Å²) in [5.41, 5.74) is 2.20. The quantitative estimate of drug-likeness (QED) is 0.487. The second-order valence-corrected chi connectivity index (χ2v) is 8.49. The number of nitrogens with one attached hydrogen (secondary N) is 1. The fourth-order valence-electron chi connectivity index (χ4n) is 4.33. The van der Waals surface area contributed by atoms with E-state index < -0.39 is 0 Å². The van der Waals surface area contributed by atoms with Gasteiger partial charge in [-0.3, -0.25) is 9.59 Å². The fourth-order valence-corrected chi connectivity index (χ4v) is 4.33. The van der Waals surface area contributed by atoms with Gasteiger partial charge < -0.3 is 14.3 Å². The molecule has 0 bridgehead atoms. The van der Waals surface area contributed by atoms with Crippen molar-refractivity contribution in [3.05, 3.63) is 70.2 Å². The number of carbonyl (C=O) groups excluding carboxylic acids is 1. The Bertz CT molecular complexity index is 1310. The summed E-state index contributed by atoms with van der Waals surface area (Å²) in [5.74, 6) is 2.08. The standard InChI is InChI=1S/C24H26N6O3/c1-16-10-11-19-22(32)25-20(28-30(16)19)8-5-9-21(31)29-14-12-18(13-15-29)24-27-26-23(33-24)17-6-3-2-4-7-17/h2-4,6-7,10-11,18H,5,8-9,12-15H2,1H3,(H,25,28,32). The van der Waals surface area contributed by atoms with Crippen molar-refractivity contribution in [2.24, 2.45) is 0 Å². The lowest BCUT2D eigenvalue weighted by Crippen LogP contribution is -2.37. The number of fused-ring (bicyclic) bond motifs is 1. The van der Waals surface area contributed by atoms with Gasteiger partial charge in [0, 0.05) is 43.1 Å². The van der Waals surface area contributed by atoms with Crippen LogP contribution in [0.5, 0.6) is 0 Å². The number of rotatable bonds is 6. The molecular weight excluding hydrogens is 420 g/mol. The van der Waals surface area contributed by atoms with Crippen molar-refractivity contribution in [2.75, 3.05) is 13.1 Å². The number of hydrogen-bond acceptors (Lipinski definition) is 6. The van der Waals surface area contributed by atoms with E-state index in [0.717, 1.165) is 24.1 Å². The van der Waals surface area contributed by atoms with Gasteiger partial charge in [-0.1, -0.05) is 18.2 Å². The zero-order valence-electron chi connectivity index (χ0n) is 18.5. The zero-order valence-corrected chi connectivity index (χ0v) is 18.5. The van der Waals surface area contributed by atoms with E-state index in [1.807, 2.05) is 48.2 Å². The number of piperidine rings is 1. The highest BCUT2D eigenvalue weighted by atomic mass is 16.4. The minimum absolute atomic E-state index is 0.129. The normalized spacial score (nSPS) is 14.8. The molecule has 1 saturated heterocycles. The summed E-state index contributed by atoms with van der Waals surface area (Å²) in [4.78, 5) is 29.6. The SMILES string of the molecule is Cc1ccc2c(=O)[nH]c(CCCC(=O)N3CCC(c4nnc(-c5ccccc5)o4)CC3)nn12. The van der Waals surface area contributed by atoms with Crippen molar-refractivity contribution in [1.82, 2.24) is 29.7 Å². The molecule has 9 nitrogen and oxygen atoms in total. The number of carbonyl (C=O) groups is 1. The minimum Gasteiger partial charge on any atom is -0.420 e. The topological polar surface area (TPSA) is 109 Å². The number of likely N-dealkylation sites (tertiary alicyclic amines) is 1. The Morgan fingerprint density at radius 3 is 2.70 bits per heavy atom. The molecule has 4 aromatic rings. The van der Waals surface area contributed by atoms with E-state index in [2.05, 4.69) is 20.3 Å². The van der Waals surface area contributed by atoms with Crippen molar-refractivity contribution in [3.63, 3.8) is 0 Å². The molecule has 1 amide bonds. The number of H-pyrrole nitrogens is 1. The number of nitrogens with zero attached hydrogens (tertiary/aromatic N) is 5. The predicted octanol–water partition coefficient (Wildman–Crippen LogP) is 3.11. The van der Waals surface area contributed by atoms with Crippen molar-refractivity contribution in [3.8, 4) is 11.5 Å². The van der Waals surface area contributed by atoms with Gasteiger partial charge in [0.1, 0.15) is 11.3 Å². The van der Waals surface area contributed by atoms with Gasteiger partial charge >= 0.3 is 0 Å². The molecule has 1 N–H and O–H groups in total. The molecule has 0 radical (unpaired) electrons. The van der Waals surface area contributed by atoms with Crippen LogP contribution in [0.4, 0.5) is 0 Å². The van der Waals surface area contributed by atoms with Crippen LogP contribution >= 0.6 is 0 Å². The molecule has 3 aromatic heterocycles. The average Bonchev–Trinajstić information content (AvgIpc) is 3.48. The molecule has 170 valence electrons. The first kappa shape index (κ1) is 21.1. The van der Waals surface area contributed by atoms with Crippen LogP contribution in [0.3, 0.4) is 0 Å². The molecular formula is C24H26N6O3. The molecule has 0 spiro atoms. The minimum atomic E-state index is -0.155. The summed E-state index contributed by atoms with van der Waals surface area (Å²) in [6.07, 6.45) is 3.23. The molecule has 0 atom stereocenters. The summed E-state index contributed by atoms with van der Waals surface area (Å²) in [6.45, 7) is 3.26. The Morgan fingerprint density at radius 1 is 1.12 bits per heavy atom. The Hall–Kier alpha value is -3.75. The van der Waals surface area contributed by atoms with Crippen molar-refractivity contribution < 1.29 is 9.21 Å². The largest absolute Gasteiger partial charge is 0.420 e. The van der Waals surface area contributed by atoms with E-state index in [9.17, 15) is 9.59 Å². The number of aromatic amines is 1. The molecule has 1 aliphatic heterocycles. The highest BCUT2D eigenvalue weighted by Gasteiger charge is 2.27. The highest BCUT2D eigenvalue weighted by Crippen LogP contribution is 2.29. The van der Waals surface area contributed by atoms with Crippen LogP contribution in [0.1, 0.15) is 49.0 Å². The average molecular weight is 447 g/mol. The summed E-state index contributed by atoms with van der Waals surface area (Å²) < 4.78 is 7.55. The zero-order chi connectivity index (χ0) is 22.8. The molecule has 0 unspecified atom stereocenters. The predicted molar refractivity (Wildman–Crippen MR) is 122 cm³/mol. The van der Waals surface area contributed by atoms with Crippen molar-refractivity contribution in [1.29, 1.82) is 0 Å². The van der Waals surface area contributed by atoms with Gasteiger partial charge in [0.2, 0.25) is 17.7 Å². The molecule has 4 heterocycles. The van der Waals surface area contributed by atoms with Crippen LogP contribution < -0.4 is 5.56 Å². The maximum atomic E-state index is 12.7. The van der Waals surface area contributed by atoms with Gasteiger partial charge in [-0.15, -0.1) is 10.2 Å². The number of aryl methyl sites for hydroxylation is 2.